The maximum absolute atomic E-state index is 13.2. The minimum atomic E-state index is -3.60. The van der Waals surface area contributed by atoms with Crippen LogP contribution in [0.2, 0.25) is 0 Å². The third kappa shape index (κ3) is 4.91. The molecule has 1 aromatic heterocycles. The van der Waals surface area contributed by atoms with E-state index < -0.39 is 10.0 Å². The Balaban J connectivity index is 1.47. The van der Waals surface area contributed by atoms with E-state index in [0.717, 1.165) is 24.0 Å². The first-order valence-corrected chi connectivity index (χ1v) is 12.2. The lowest BCUT2D eigenvalue weighted by atomic mass is 9.87. The van der Waals surface area contributed by atoms with Crippen molar-refractivity contribution < 1.29 is 17.2 Å². The molecule has 0 saturated carbocycles. The van der Waals surface area contributed by atoms with Gasteiger partial charge in [-0.3, -0.25) is 0 Å². The molecule has 1 aliphatic heterocycles. The molecule has 1 saturated heterocycles. The van der Waals surface area contributed by atoms with Gasteiger partial charge in [-0.05, 0) is 53.6 Å². The molecule has 0 radical (unpaired) electrons. The number of hydrogen-bond acceptors (Lipinski definition) is 5. The summed E-state index contributed by atoms with van der Waals surface area (Å²) in [6, 6.07) is 13.3. The number of aromatic nitrogens is 2. The van der Waals surface area contributed by atoms with Gasteiger partial charge >= 0.3 is 0 Å². The maximum atomic E-state index is 13.2. The van der Waals surface area contributed by atoms with Crippen LogP contribution in [-0.2, 0) is 21.9 Å². The molecule has 6 nitrogen and oxygen atoms in total. The van der Waals surface area contributed by atoms with Crippen LogP contribution in [0.15, 0.2) is 57.8 Å². The molecule has 0 bridgehead atoms. The van der Waals surface area contributed by atoms with Crippen molar-refractivity contribution in [1.82, 2.24) is 14.5 Å². The molecule has 1 aliphatic rings. The van der Waals surface area contributed by atoms with Crippen molar-refractivity contribution in [2.45, 2.75) is 56.3 Å². The van der Waals surface area contributed by atoms with E-state index in [1.807, 2.05) is 12.1 Å². The first-order valence-electron chi connectivity index (χ1n) is 10.8. The molecule has 0 spiro atoms. The molecular weight excluding hydrogens is 429 g/mol. The van der Waals surface area contributed by atoms with Gasteiger partial charge < -0.3 is 4.42 Å². The Hall–Kier alpha value is -2.58. The summed E-state index contributed by atoms with van der Waals surface area (Å²) in [5, 5.41) is 8.28. The smallest absolute Gasteiger partial charge is 0.243 e. The number of sulfonamides is 1. The normalized spacial score (nSPS) is 18.1. The van der Waals surface area contributed by atoms with Crippen molar-refractivity contribution in [3.05, 3.63) is 77.3 Å². The molecule has 1 fully saturated rings. The SMILES string of the molecule is CC(C)(C)c1ccc(S(=O)(=O)N2CCCC(c3nnc(Cc4ccc(F)cc4)o3)C2)cc1. The van der Waals surface area contributed by atoms with Gasteiger partial charge in [0.25, 0.3) is 0 Å². The molecule has 170 valence electrons. The van der Waals surface area contributed by atoms with Crippen LogP contribution in [0.25, 0.3) is 0 Å². The molecule has 32 heavy (non-hydrogen) atoms. The number of rotatable bonds is 5. The van der Waals surface area contributed by atoms with Gasteiger partial charge in [-0.25, -0.2) is 12.8 Å². The zero-order valence-electron chi connectivity index (χ0n) is 18.6. The molecule has 0 aliphatic carbocycles. The summed E-state index contributed by atoms with van der Waals surface area (Å²) in [4.78, 5) is 0.300. The molecule has 0 N–H and O–H groups in total. The van der Waals surface area contributed by atoms with E-state index in [1.54, 1.807) is 24.3 Å². The van der Waals surface area contributed by atoms with Crippen molar-refractivity contribution in [2.24, 2.45) is 0 Å². The fourth-order valence-electron chi connectivity index (χ4n) is 3.92. The minimum Gasteiger partial charge on any atom is -0.425 e. The Morgan fingerprint density at radius 1 is 1.06 bits per heavy atom. The highest BCUT2D eigenvalue weighted by Crippen LogP contribution is 2.31. The monoisotopic (exact) mass is 457 g/mol. The summed E-state index contributed by atoms with van der Waals surface area (Å²) in [5.74, 6) is 0.438. The molecule has 1 unspecified atom stereocenters. The molecule has 0 amide bonds. The summed E-state index contributed by atoms with van der Waals surface area (Å²) in [6.45, 7) is 7.07. The zero-order chi connectivity index (χ0) is 22.9. The van der Waals surface area contributed by atoms with E-state index in [-0.39, 0.29) is 17.2 Å². The van der Waals surface area contributed by atoms with E-state index >= 15 is 0 Å². The van der Waals surface area contributed by atoms with Crippen LogP contribution in [0.4, 0.5) is 4.39 Å². The summed E-state index contributed by atoms with van der Waals surface area (Å²) in [6.07, 6.45) is 1.91. The standard InChI is InChI=1S/C24H28FN3O3S/c1-24(2,3)19-8-12-21(13-9-19)32(29,30)28-14-4-5-18(16-28)23-27-26-22(31-23)15-17-6-10-20(25)11-7-17/h6-13,18H,4-5,14-16H2,1-3H3. The first kappa shape index (κ1) is 22.6. The number of piperidine rings is 1. The van der Waals surface area contributed by atoms with Gasteiger partial charge in [0.05, 0.1) is 17.2 Å². The highest BCUT2D eigenvalue weighted by atomic mass is 32.2. The van der Waals surface area contributed by atoms with E-state index in [1.165, 1.54) is 16.4 Å². The van der Waals surface area contributed by atoms with E-state index in [2.05, 4.69) is 31.0 Å². The lowest BCUT2D eigenvalue weighted by Gasteiger charge is -2.30. The highest BCUT2D eigenvalue weighted by Gasteiger charge is 2.33. The average molecular weight is 458 g/mol. The average Bonchev–Trinajstić information content (AvgIpc) is 3.23. The van der Waals surface area contributed by atoms with Crippen molar-refractivity contribution >= 4 is 10.0 Å². The van der Waals surface area contributed by atoms with Gasteiger partial charge in [-0.15, -0.1) is 10.2 Å². The molecule has 1 atom stereocenters. The Morgan fingerprint density at radius 3 is 2.41 bits per heavy atom. The van der Waals surface area contributed by atoms with Crippen LogP contribution >= 0.6 is 0 Å². The van der Waals surface area contributed by atoms with Crippen molar-refractivity contribution in [1.29, 1.82) is 0 Å². The summed E-state index contributed by atoms with van der Waals surface area (Å²) < 4.78 is 46.9. The lowest BCUT2D eigenvalue weighted by Crippen LogP contribution is -2.39. The molecule has 8 heteroatoms. The molecular formula is C24H28FN3O3S. The predicted octanol–water partition coefficient (Wildman–Crippen LogP) is 4.67. The number of benzene rings is 2. The van der Waals surface area contributed by atoms with Gasteiger partial charge in [0.2, 0.25) is 21.8 Å². The fraction of sp³-hybridized carbons (Fsp3) is 0.417. The number of hydrogen-bond donors (Lipinski definition) is 0. The fourth-order valence-corrected chi connectivity index (χ4v) is 5.44. The van der Waals surface area contributed by atoms with Crippen LogP contribution in [-0.4, -0.2) is 36.0 Å². The molecule has 2 aromatic carbocycles. The van der Waals surface area contributed by atoms with Crippen molar-refractivity contribution in [3.63, 3.8) is 0 Å². The largest absolute Gasteiger partial charge is 0.425 e. The zero-order valence-corrected chi connectivity index (χ0v) is 19.4. The maximum Gasteiger partial charge on any atom is 0.243 e. The molecule has 4 rings (SSSR count). The van der Waals surface area contributed by atoms with E-state index in [0.29, 0.717) is 36.2 Å². The van der Waals surface area contributed by atoms with Crippen molar-refractivity contribution in [3.8, 4) is 0 Å². The third-order valence-electron chi connectivity index (χ3n) is 5.84. The Labute approximate surface area is 188 Å². The second-order valence-corrected chi connectivity index (χ2v) is 11.3. The van der Waals surface area contributed by atoms with Crippen LogP contribution in [0.5, 0.6) is 0 Å². The van der Waals surface area contributed by atoms with Gasteiger partial charge in [0.1, 0.15) is 5.82 Å². The Morgan fingerprint density at radius 2 is 1.75 bits per heavy atom. The van der Waals surface area contributed by atoms with Gasteiger partial charge in [-0.1, -0.05) is 45.0 Å². The van der Waals surface area contributed by atoms with Gasteiger partial charge in [0.15, 0.2) is 0 Å². The van der Waals surface area contributed by atoms with Crippen LogP contribution in [0.3, 0.4) is 0 Å². The summed E-state index contributed by atoms with van der Waals surface area (Å²) in [7, 11) is -3.60. The quantitative estimate of drug-likeness (QED) is 0.557. The van der Waals surface area contributed by atoms with Gasteiger partial charge in [0, 0.05) is 13.1 Å². The Bertz CT molecular complexity index is 1170. The Kier molecular flexibility index (Phi) is 6.18. The number of nitrogens with zero attached hydrogens (tertiary/aromatic N) is 3. The van der Waals surface area contributed by atoms with Crippen LogP contribution in [0.1, 0.15) is 62.4 Å². The third-order valence-corrected chi connectivity index (χ3v) is 7.72. The predicted molar refractivity (Wildman–Crippen MR) is 119 cm³/mol. The summed E-state index contributed by atoms with van der Waals surface area (Å²) >= 11 is 0. The van der Waals surface area contributed by atoms with E-state index in [4.69, 9.17) is 4.42 Å². The minimum absolute atomic E-state index is 0.0396. The second-order valence-electron chi connectivity index (χ2n) is 9.31. The lowest BCUT2D eigenvalue weighted by molar-refractivity contribution is 0.281. The first-order chi connectivity index (χ1) is 15.1. The van der Waals surface area contributed by atoms with Gasteiger partial charge in [-0.2, -0.15) is 4.31 Å². The second kappa shape index (κ2) is 8.75. The molecule has 3 aromatic rings. The van der Waals surface area contributed by atoms with Crippen LogP contribution in [0, 0.1) is 5.82 Å². The van der Waals surface area contributed by atoms with Crippen LogP contribution < -0.4 is 0 Å². The topological polar surface area (TPSA) is 76.3 Å². The summed E-state index contributed by atoms with van der Waals surface area (Å²) in [5.41, 5.74) is 1.92. The van der Waals surface area contributed by atoms with E-state index in [9.17, 15) is 12.8 Å². The molecule has 2 heterocycles. The highest BCUT2D eigenvalue weighted by molar-refractivity contribution is 7.89. The number of halogens is 1. The van der Waals surface area contributed by atoms with Crippen molar-refractivity contribution in [2.75, 3.05) is 13.1 Å².